The molecule has 0 aliphatic rings. The number of fused-ring (bicyclic) bond motifs is 6. The van der Waals surface area contributed by atoms with Gasteiger partial charge in [-0.05, 0) is 182 Å². The number of hydrogen-bond donors (Lipinski definition) is 0. The maximum absolute atomic E-state index is 2.66. The fraction of sp³-hybridized carbons (Fsp3) is 0.258. The van der Waals surface area contributed by atoms with Crippen LogP contribution in [0.5, 0.6) is 0 Å². The molecule has 0 bridgehead atoms. The Morgan fingerprint density at radius 3 is 0.727 bits per heavy atom. The highest BCUT2D eigenvalue weighted by atomic mass is 127. The molecule has 66 heavy (non-hydrogen) atoms. The SMILES string of the molecule is CC(C)(C)c1ccc(N(c2ccc(C(C)(C)C)cc2)c2c(I)c3cc4c(cc3c3ccccc23)c(I)c(N(c2ccc(C(C)(C)C)cc2)c2ccc(C(C)(C)C)cc2)c2ccccc24)cc1. The Bertz CT molecular complexity index is 2920. The monoisotopic (exact) mass is 1090 g/mol. The molecule has 0 aromatic heterocycles. The van der Waals surface area contributed by atoms with Crippen molar-refractivity contribution in [3.63, 3.8) is 0 Å². The Balaban J connectivity index is 1.33. The summed E-state index contributed by atoms with van der Waals surface area (Å²) in [6.07, 6.45) is 0. The lowest BCUT2D eigenvalue weighted by molar-refractivity contribution is 0.590. The molecule has 9 aromatic carbocycles. The molecule has 0 heterocycles. The Morgan fingerprint density at radius 2 is 0.500 bits per heavy atom. The Kier molecular flexibility index (Phi) is 11.9. The van der Waals surface area contributed by atoms with Crippen molar-refractivity contribution in [2.75, 3.05) is 9.80 Å². The fourth-order valence-electron chi connectivity index (χ4n) is 9.44. The third-order valence-electron chi connectivity index (χ3n) is 13.4. The van der Waals surface area contributed by atoms with Crippen molar-refractivity contribution < 1.29 is 0 Å². The van der Waals surface area contributed by atoms with Gasteiger partial charge in [0.15, 0.2) is 0 Å². The summed E-state index contributed by atoms with van der Waals surface area (Å²) in [6.45, 7) is 27.4. The summed E-state index contributed by atoms with van der Waals surface area (Å²) in [4.78, 5) is 4.98. The summed E-state index contributed by atoms with van der Waals surface area (Å²) >= 11 is 5.31. The van der Waals surface area contributed by atoms with Crippen molar-refractivity contribution in [2.45, 2.75) is 105 Å². The van der Waals surface area contributed by atoms with Gasteiger partial charge >= 0.3 is 0 Å². The first kappa shape index (κ1) is 46.2. The molecule has 0 saturated carbocycles. The first-order valence-electron chi connectivity index (χ1n) is 23.3. The highest BCUT2D eigenvalue weighted by molar-refractivity contribution is 14.1. The van der Waals surface area contributed by atoms with E-state index < -0.39 is 0 Å². The van der Waals surface area contributed by atoms with E-state index in [1.54, 1.807) is 0 Å². The van der Waals surface area contributed by atoms with E-state index in [4.69, 9.17) is 0 Å². The largest absolute Gasteiger partial charge is 0.309 e. The van der Waals surface area contributed by atoms with E-state index in [0.717, 1.165) is 22.7 Å². The zero-order chi connectivity index (χ0) is 47.1. The van der Waals surface area contributed by atoms with Gasteiger partial charge in [0, 0.05) is 40.7 Å². The first-order valence-corrected chi connectivity index (χ1v) is 25.5. The van der Waals surface area contributed by atoms with Crippen LogP contribution in [0.2, 0.25) is 0 Å². The van der Waals surface area contributed by atoms with Crippen LogP contribution in [0.15, 0.2) is 158 Å². The molecule has 0 saturated heterocycles. The highest BCUT2D eigenvalue weighted by Gasteiger charge is 2.27. The van der Waals surface area contributed by atoms with Gasteiger partial charge in [-0.25, -0.2) is 0 Å². The summed E-state index contributed by atoms with van der Waals surface area (Å²) < 4.78 is 2.45. The van der Waals surface area contributed by atoms with Crippen LogP contribution in [0.3, 0.4) is 0 Å². The quantitative estimate of drug-likeness (QED) is 0.0930. The van der Waals surface area contributed by atoms with Crippen LogP contribution in [0, 0.1) is 7.14 Å². The lowest BCUT2D eigenvalue weighted by atomic mass is 9.86. The van der Waals surface area contributed by atoms with Gasteiger partial charge in [-0.1, -0.05) is 180 Å². The van der Waals surface area contributed by atoms with E-state index in [-0.39, 0.29) is 21.7 Å². The molecule has 9 aromatic rings. The standard InChI is InChI=1S/C62H62I2N2/c1-59(2,3)39-21-29-43(30-22-39)65(44-31-23-40(24-32-44)60(4,5)6)57-49-19-15-13-17-47(49)51-38-54-52(37-53(51)55(57)63)48-18-14-16-20-50(48)58(56(54)64)66(45-33-25-41(26-34-45)61(7,8)9)46-35-27-42(28-36-46)62(10,11)12/h13-38H,1-12H3. The predicted molar refractivity (Wildman–Crippen MR) is 306 cm³/mol. The molecule has 334 valence electrons. The van der Waals surface area contributed by atoms with Crippen molar-refractivity contribution >= 4 is 122 Å². The maximum atomic E-state index is 2.66. The molecular formula is C62H62I2N2. The summed E-state index contributed by atoms with van der Waals surface area (Å²) in [5.74, 6) is 0. The van der Waals surface area contributed by atoms with Crippen LogP contribution in [0.1, 0.15) is 105 Å². The van der Waals surface area contributed by atoms with Crippen molar-refractivity contribution in [2.24, 2.45) is 0 Å². The Morgan fingerprint density at radius 1 is 0.273 bits per heavy atom. The molecule has 0 radical (unpaired) electrons. The summed E-state index contributed by atoms with van der Waals surface area (Å²) in [5.41, 5.74) is 12.5. The number of halogens is 2. The predicted octanol–water partition coefficient (Wildman–Crippen LogP) is 19.6. The lowest BCUT2D eigenvalue weighted by Gasteiger charge is -2.31. The van der Waals surface area contributed by atoms with Gasteiger partial charge in [0.05, 0.1) is 11.4 Å². The zero-order valence-electron chi connectivity index (χ0n) is 40.7. The van der Waals surface area contributed by atoms with Gasteiger partial charge in [0.1, 0.15) is 0 Å². The van der Waals surface area contributed by atoms with Crippen molar-refractivity contribution in [1.29, 1.82) is 0 Å². The van der Waals surface area contributed by atoms with Gasteiger partial charge in [0.2, 0.25) is 0 Å². The van der Waals surface area contributed by atoms with Crippen molar-refractivity contribution in [3.8, 4) is 0 Å². The second-order valence-electron chi connectivity index (χ2n) is 22.2. The Hall–Kier alpha value is -4.92. The first-order chi connectivity index (χ1) is 31.1. The smallest absolute Gasteiger partial charge is 0.0680 e. The average Bonchev–Trinajstić information content (AvgIpc) is 3.28. The molecule has 0 fully saturated rings. The van der Waals surface area contributed by atoms with Crippen LogP contribution < -0.4 is 9.80 Å². The highest BCUT2D eigenvalue weighted by Crippen LogP contribution is 2.51. The maximum Gasteiger partial charge on any atom is 0.0680 e. The number of nitrogens with zero attached hydrogens (tertiary/aromatic N) is 2. The molecule has 0 aliphatic heterocycles. The number of benzene rings is 9. The molecule has 4 heteroatoms. The molecule has 0 N–H and O–H groups in total. The van der Waals surface area contributed by atoms with Crippen LogP contribution in [-0.4, -0.2) is 0 Å². The molecule has 2 nitrogen and oxygen atoms in total. The summed E-state index contributed by atoms with van der Waals surface area (Å²) in [7, 11) is 0. The van der Waals surface area contributed by atoms with E-state index >= 15 is 0 Å². The van der Waals surface area contributed by atoms with Gasteiger partial charge in [-0.2, -0.15) is 0 Å². The van der Waals surface area contributed by atoms with E-state index in [1.165, 1.54) is 83.9 Å². The van der Waals surface area contributed by atoms with Gasteiger partial charge in [-0.15, -0.1) is 0 Å². The van der Waals surface area contributed by atoms with Gasteiger partial charge < -0.3 is 9.80 Å². The molecule has 0 spiro atoms. The van der Waals surface area contributed by atoms with E-state index in [2.05, 4.69) is 296 Å². The molecule has 0 unspecified atom stereocenters. The summed E-state index contributed by atoms with van der Waals surface area (Å²) in [6, 6.07) is 60.0. The lowest BCUT2D eigenvalue weighted by Crippen LogP contribution is -2.16. The normalized spacial score (nSPS) is 12.7. The van der Waals surface area contributed by atoms with Crippen molar-refractivity contribution in [3.05, 3.63) is 187 Å². The minimum absolute atomic E-state index is 0.0494. The van der Waals surface area contributed by atoms with Gasteiger partial charge in [0.25, 0.3) is 0 Å². The third-order valence-corrected chi connectivity index (χ3v) is 15.6. The molecule has 0 aliphatic carbocycles. The fourth-order valence-corrected chi connectivity index (χ4v) is 11.4. The van der Waals surface area contributed by atoms with Crippen LogP contribution in [0.4, 0.5) is 34.1 Å². The number of hydrogen-bond acceptors (Lipinski definition) is 2. The second-order valence-corrected chi connectivity index (χ2v) is 24.4. The van der Waals surface area contributed by atoms with E-state index in [9.17, 15) is 0 Å². The second kappa shape index (κ2) is 17.0. The topological polar surface area (TPSA) is 6.48 Å². The zero-order valence-corrected chi connectivity index (χ0v) is 45.0. The van der Waals surface area contributed by atoms with Crippen LogP contribution >= 0.6 is 45.2 Å². The minimum Gasteiger partial charge on any atom is -0.309 e. The molecule has 9 rings (SSSR count). The van der Waals surface area contributed by atoms with E-state index in [0.29, 0.717) is 0 Å². The van der Waals surface area contributed by atoms with Gasteiger partial charge in [-0.3, -0.25) is 0 Å². The number of rotatable bonds is 6. The molecule has 0 amide bonds. The van der Waals surface area contributed by atoms with Crippen molar-refractivity contribution in [1.82, 2.24) is 0 Å². The Labute approximate surface area is 420 Å². The summed E-state index contributed by atoms with van der Waals surface area (Å²) in [5, 5.41) is 9.95. The third kappa shape index (κ3) is 8.50. The van der Waals surface area contributed by atoms with Crippen LogP contribution in [-0.2, 0) is 21.7 Å². The minimum atomic E-state index is 0.0494. The molecule has 0 atom stereocenters. The molecular weight excluding hydrogens is 1030 g/mol. The van der Waals surface area contributed by atoms with Crippen LogP contribution in [0.25, 0.3) is 43.1 Å². The van der Waals surface area contributed by atoms with E-state index in [1.807, 2.05) is 0 Å². The number of anilines is 6. The average molecular weight is 1090 g/mol.